The number of aromatic nitrogens is 1. The Bertz CT molecular complexity index is 1890. The SMILES string of the molecule is COc1ccc(OC)c2c(-c3ccccc3Cl)c(C(=O)NN=Cc3cc(Br)cc(Br)c3OC(=O)c3ccc(Br)cc3)[nH]c12. The Morgan fingerprint density at radius 2 is 1.60 bits per heavy atom. The number of carbonyl (C=O) groups is 2. The third-order valence-electron chi connectivity index (χ3n) is 6.37. The highest BCUT2D eigenvalue weighted by Crippen LogP contribution is 2.44. The normalized spacial score (nSPS) is 11.1. The van der Waals surface area contributed by atoms with Gasteiger partial charge in [0.15, 0.2) is 5.75 Å². The molecule has 43 heavy (non-hydrogen) atoms. The fourth-order valence-electron chi connectivity index (χ4n) is 4.43. The standard InChI is InChI=1S/C31H21Br3ClN3O5/c1-41-23-11-12-24(42-2)27-26(23)25(20-5-3-4-6-22(20)35)28(37-27)30(39)38-36-15-17-13-19(33)14-21(34)29(17)43-31(40)16-7-9-18(32)10-8-16/h3-15,37H,1-2H3,(H,38,39). The van der Waals surface area contributed by atoms with Crippen molar-refractivity contribution in [3.8, 4) is 28.4 Å². The number of hydrazone groups is 1. The highest BCUT2D eigenvalue weighted by atomic mass is 79.9. The molecule has 0 aliphatic heterocycles. The first-order chi connectivity index (χ1) is 20.7. The van der Waals surface area contributed by atoms with E-state index in [1.807, 2.05) is 12.1 Å². The molecule has 0 atom stereocenters. The van der Waals surface area contributed by atoms with E-state index in [0.29, 0.717) is 58.6 Å². The Morgan fingerprint density at radius 1 is 0.907 bits per heavy atom. The van der Waals surface area contributed by atoms with E-state index in [0.717, 1.165) is 4.47 Å². The molecule has 1 amide bonds. The zero-order valence-corrected chi connectivity index (χ0v) is 28.0. The third-order valence-corrected chi connectivity index (χ3v) is 8.28. The van der Waals surface area contributed by atoms with Crippen molar-refractivity contribution < 1.29 is 23.8 Å². The van der Waals surface area contributed by atoms with Crippen LogP contribution in [-0.4, -0.2) is 37.3 Å². The highest BCUT2D eigenvalue weighted by molar-refractivity contribution is 9.11. The van der Waals surface area contributed by atoms with E-state index in [1.54, 1.807) is 74.9 Å². The second kappa shape index (κ2) is 13.3. The Morgan fingerprint density at radius 3 is 2.30 bits per heavy atom. The summed E-state index contributed by atoms with van der Waals surface area (Å²) in [5.74, 6) is 0.170. The van der Waals surface area contributed by atoms with Crippen LogP contribution in [-0.2, 0) is 0 Å². The quantitative estimate of drug-likeness (QED) is 0.0709. The zero-order chi connectivity index (χ0) is 30.7. The van der Waals surface area contributed by atoms with E-state index < -0.39 is 11.9 Å². The van der Waals surface area contributed by atoms with Crippen molar-refractivity contribution in [2.45, 2.75) is 0 Å². The molecule has 1 heterocycles. The van der Waals surface area contributed by atoms with Crippen molar-refractivity contribution in [2.24, 2.45) is 5.10 Å². The fraction of sp³-hybridized carbons (Fsp3) is 0.0645. The van der Waals surface area contributed by atoms with Gasteiger partial charge in [-0.05, 0) is 70.5 Å². The van der Waals surface area contributed by atoms with Gasteiger partial charge in [-0.25, -0.2) is 10.2 Å². The molecular formula is C31H21Br3ClN3O5. The van der Waals surface area contributed by atoms with Crippen molar-refractivity contribution in [3.05, 3.63) is 108 Å². The minimum Gasteiger partial charge on any atom is -0.496 e. The maximum absolute atomic E-state index is 13.6. The molecule has 0 saturated heterocycles. The Kier molecular flexibility index (Phi) is 9.55. The molecular weight excluding hydrogens is 770 g/mol. The second-order valence-corrected chi connectivity index (χ2v) is 12.1. The molecule has 0 radical (unpaired) electrons. The van der Waals surface area contributed by atoms with Crippen LogP contribution in [0.25, 0.3) is 22.0 Å². The summed E-state index contributed by atoms with van der Waals surface area (Å²) in [4.78, 5) is 29.7. The van der Waals surface area contributed by atoms with Crippen molar-refractivity contribution in [3.63, 3.8) is 0 Å². The third kappa shape index (κ3) is 6.50. The number of nitrogens with zero attached hydrogens (tertiary/aromatic N) is 1. The second-order valence-electron chi connectivity index (χ2n) is 8.98. The van der Waals surface area contributed by atoms with E-state index in [2.05, 4.69) is 63.3 Å². The number of carbonyl (C=O) groups excluding carboxylic acids is 2. The summed E-state index contributed by atoms with van der Waals surface area (Å²) in [7, 11) is 3.09. The van der Waals surface area contributed by atoms with Crippen LogP contribution in [0.5, 0.6) is 17.2 Å². The molecule has 0 unspecified atom stereocenters. The van der Waals surface area contributed by atoms with Gasteiger partial charge in [-0.3, -0.25) is 4.79 Å². The number of H-pyrrole nitrogens is 1. The molecule has 2 N–H and O–H groups in total. The summed E-state index contributed by atoms with van der Waals surface area (Å²) < 4.78 is 18.9. The number of rotatable bonds is 8. The first kappa shape index (κ1) is 30.8. The van der Waals surface area contributed by atoms with Crippen molar-refractivity contribution in [1.82, 2.24) is 10.4 Å². The maximum Gasteiger partial charge on any atom is 0.343 e. The lowest BCUT2D eigenvalue weighted by Gasteiger charge is -2.11. The van der Waals surface area contributed by atoms with Gasteiger partial charge >= 0.3 is 5.97 Å². The van der Waals surface area contributed by atoms with Crippen LogP contribution in [0.4, 0.5) is 0 Å². The molecule has 0 fully saturated rings. The van der Waals surface area contributed by atoms with Crippen molar-refractivity contribution in [1.29, 1.82) is 0 Å². The molecule has 12 heteroatoms. The summed E-state index contributed by atoms with van der Waals surface area (Å²) in [5.41, 5.74) is 5.26. The number of hydrogen-bond acceptors (Lipinski definition) is 6. The number of nitrogens with one attached hydrogen (secondary N) is 2. The summed E-state index contributed by atoms with van der Waals surface area (Å²) in [6.07, 6.45) is 1.39. The molecule has 5 aromatic rings. The summed E-state index contributed by atoms with van der Waals surface area (Å²) in [6.45, 7) is 0. The molecule has 218 valence electrons. The molecule has 8 nitrogen and oxygen atoms in total. The Hall–Kier alpha value is -3.64. The van der Waals surface area contributed by atoms with Crippen LogP contribution in [0, 0.1) is 0 Å². The van der Waals surface area contributed by atoms with Crippen molar-refractivity contribution >= 4 is 88.4 Å². The van der Waals surface area contributed by atoms with Crippen LogP contribution in [0.3, 0.4) is 0 Å². The summed E-state index contributed by atoms with van der Waals surface area (Å²) in [6, 6.07) is 20.9. The van der Waals surface area contributed by atoms with Gasteiger partial charge in [-0.15, -0.1) is 0 Å². The van der Waals surface area contributed by atoms with Gasteiger partial charge < -0.3 is 19.2 Å². The minimum atomic E-state index is -0.556. The van der Waals surface area contributed by atoms with Gasteiger partial charge in [0.05, 0.1) is 41.4 Å². The Balaban J connectivity index is 1.51. The number of methoxy groups -OCH3 is 2. The number of fused-ring (bicyclic) bond motifs is 1. The van der Waals surface area contributed by atoms with Gasteiger partial charge in [0.2, 0.25) is 0 Å². The lowest BCUT2D eigenvalue weighted by Crippen LogP contribution is -2.19. The lowest BCUT2D eigenvalue weighted by molar-refractivity contribution is 0.0732. The zero-order valence-electron chi connectivity index (χ0n) is 22.5. The van der Waals surface area contributed by atoms with Gasteiger partial charge in [-0.1, -0.05) is 61.7 Å². The number of esters is 1. The highest BCUT2D eigenvalue weighted by Gasteiger charge is 2.25. The lowest BCUT2D eigenvalue weighted by atomic mass is 10.0. The molecule has 0 spiro atoms. The number of halogens is 4. The number of ether oxygens (including phenoxy) is 3. The van der Waals surface area contributed by atoms with Crippen molar-refractivity contribution in [2.75, 3.05) is 14.2 Å². The monoisotopic (exact) mass is 787 g/mol. The maximum atomic E-state index is 13.6. The van der Waals surface area contributed by atoms with Gasteiger partial charge in [0, 0.05) is 30.7 Å². The predicted molar refractivity (Wildman–Crippen MR) is 178 cm³/mol. The topological polar surface area (TPSA) is 102 Å². The molecule has 0 bridgehead atoms. The van der Waals surface area contributed by atoms with Crippen LogP contribution in [0.2, 0.25) is 5.02 Å². The van der Waals surface area contributed by atoms with E-state index in [4.69, 9.17) is 25.8 Å². The molecule has 0 aliphatic carbocycles. The summed E-state index contributed by atoms with van der Waals surface area (Å²) in [5, 5.41) is 5.26. The molecule has 5 rings (SSSR count). The average molecular weight is 791 g/mol. The number of hydrogen-bond donors (Lipinski definition) is 2. The van der Waals surface area contributed by atoms with E-state index >= 15 is 0 Å². The Labute approximate surface area is 276 Å². The van der Waals surface area contributed by atoms with E-state index in [-0.39, 0.29) is 11.4 Å². The number of aromatic amines is 1. The van der Waals surface area contributed by atoms with Gasteiger partial charge in [0.25, 0.3) is 5.91 Å². The minimum absolute atomic E-state index is 0.195. The molecule has 1 aromatic heterocycles. The summed E-state index contributed by atoms with van der Waals surface area (Å²) >= 11 is 16.8. The van der Waals surface area contributed by atoms with Gasteiger partial charge in [-0.2, -0.15) is 5.10 Å². The fourth-order valence-corrected chi connectivity index (χ4v) is 6.26. The smallest absolute Gasteiger partial charge is 0.343 e. The molecule has 0 aliphatic rings. The number of amides is 1. The first-order valence-corrected chi connectivity index (χ1v) is 15.3. The van der Waals surface area contributed by atoms with E-state index in [9.17, 15) is 9.59 Å². The largest absolute Gasteiger partial charge is 0.496 e. The molecule has 4 aromatic carbocycles. The van der Waals surface area contributed by atoms with Crippen LogP contribution in [0.15, 0.2) is 91.3 Å². The van der Waals surface area contributed by atoms with Crippen LogP contribution < -0.4 is 19.6 Å². The molecule has 0 saturated carbocycles. The van der Waals surface area contributed by atoms with E-state index in [1.165, 1.54) is 6.21 Å². The predicted octanol–water partition coefficient (Wildman–Crippen LogP) is 8.78. The average Bonchev–Trinajstić information content (AvgIpc) is 3.39. The number of benzene rings is 4. The first-order valence-electron chi connectivity index (χ1n) is 12.5. The van der Waals surface area contributed by atoms with Crippen LogP contribution >= 0.6 is 59.4 Å². The van der Waals surface area contributed by atoms with Crippen LogP contribution in [0.1, 0.15) is 26.4 Å². The van der Waals surface area contributed by atoms with Gasteiger partial charge in [0.1, 0.15) is 17.2 Å².